The fourth-order valence-electron chi connectivity index (χ4n) is 6.81. The molecule has 0 atom stereocenters. The van der Waals surface area contributed by atoms with E-state index in [0.717, 1.165) is 28.3 Å². The van der Waals surface area contributed by atoms with Gasteiger partial charge in [-0.25, -0.2) is 0 Å². The van der Waals surface area contributed by atoms with Gasteiger partial charge in [0.1, 0.15) is 11.5 Å². The van der Waals surface area contributed by atoms with Crippen LogP contribution < -0.4 is 4.74 Å². The molecule has 2 heterocycles. The summed E-state index contributed by atoms with van der Waals surface area (Å²) in [5.41, 5.74) is 9.36. The van der Waals surface area contributed by atoms with Gasteiger partial charge in [-0.1, -0.05) is 109 Å². The van der Waals surface area contributed by atoms with Crippen molar-refractivity contribution in [2.24, 2.45) is 0 Å². The van der Waals surface area contributed by atoms with E-state index in [9.17, 15) is 0 Å². The third kappa shape index (κ3) is 3.70. The van der Waals surface area contributed by atoms with Crippen LogP contribution in [0.25, 0.3) is 77.0 Å². The lowest BCUT2D eigenvalue weighted by molar-refractivity contribution is 0.487. The summed E-state index contributed by atoms with van der Waals surface area (Å²) < 4.78 is 6.30. The second-order valence-electron chi connectivity index (χ2n) is 11.1. The molecule has 43 heavy (non-hydrogen) atoms. The van der Waals surface area contributed by atoms with Crippen LogP contribution in [0.2, 0.25) is 0 Å². The van der Waals surface area contributed by atoms with Gasteiger partial charge in [-0.05, 0) is 91.1 Å². The number of para-hydroxylation sites is 1. The minimum Gasteiger partial charge on any atom is -0.456 e. The average molecular weight is 548 g/mol. The fourth-order valence-corrected chi connectivity index (χ4v) is 6.81. The first kappa shape index (κ1) is 23.9. The van der Waals surface area contributed by atoms with Crippen LogP contribution in [-0.2, 0) is 0 Å². The summed E-state index contributed by atoms with van der Waals surface area (Å²) in [4.78, 5) is 4.65. The van der Waals surface area contributed by atoms with Gasteiger partial charge in [-0.15, -0.1) is 0 Å². The number of benzene rings is 7. The molecule has 0 radical (unpaired) electrons. The molecule has 0 unspecified atom stereocenters. The van der Waals surface area contributed by atoms with E-state index in [-0.39, 0.29) is 0 Å². The first-order chi connectivity index (χ1) is 21.3. The maximum absolute atomic E-state index is 6.30. The van der Waals surface area contributed by atoms with Gasteiger partial charge in [-0.3, -0.25) is 4.98 Å². The van der Waals surface area contributed by atoms with Crippen LogP contribution in [0.5, 0.6) is 11.5 Å². The molecule has 0 spiro atoms. The Hall–Kier alpha value is -5.73. The van der Waals surface area contributed by atoms with Crippen molar-refractivity contribution in [2.75, 3.05) is 0 Å². The number of hydrogen-bond donors (Lipinski definition) is 0. The molecule has 2 nitrogen and oxygen atoms in total. The van der Waals surface area contributed by atoms with Gasteiger partial charge >= 0.3 is 0 Å². The number of aromatic nitrogens is 1. The van der Waals surface area contributed by atoms with Gasteiger partial charge in [0.15, 0.2) is 0 Å². The van der Waals surface area contributed by atoms with E-state index in [1.165, 1.54) is 60.1 Å². The van der Waals surface area contributed by atoms with Crippen molar-refractivity contribution in [2.45, 2.75) is 0 Å². The minimum absolute atomic E-state index is 0.904. The summed E-state index contributed by atoms with van der Waals surface area (Å²) in [7, 11) is 0. The van der Waals surface area contributed by atoms with Gasteiger partial charge in [0.05, 0.1) is 5.69 Å². The zero-order chi connectivity index (χ0) is 28.3. The molecular formula is C41H25NO. The highest BCUT2D eigenvalue weighted by molar-refractivity contribution is 6.13. The van der Waals surface area contributed by atoms with E-state index >= 15 is 0 Å². The van der Waals surface area contributed by atoms with E-state index in [2.05, 4.69) is 132 Å². The molecule has 1 aromatic heterocycles. The first-order valence-electron chi connectivity index (χ1n) is 14.6. The first-order valence-corrected chi connectivity index (χ1v) is 14.6. The van der Waals surface area contributed by atoms with Crippen molar-refractivity contribution < 1.29 is 4.74 Å². The molecule has 0 N–H and O–H groups in total. The Morgan fingerprint density at radius 3 is 1.74 bits per heavy atom. The van der Waals surface area contributed by atoms with Crippen molar-refractivity contribution in [3.63, 3.8) is 0 Å². The number of fused-ring (bicyclic) bond motifs is 4. The molecule has 0 amide bonds. The predicted molar refractivity (Wildman–Crippen MR) is 179 cm³/mol. The molecule has 0 fully saturated rings. The maximum Gasteiger partial charge on any atom is 0.135 e. The highest BCUT2D eigenvalue weighted by atomic mass is 16.5. The molecule has 8 aromatic rings. The Labute approximate surface area is 249 Å². The van der Waals surface area contributed by atoms with Crippen LogP contribution in [0, 0.1) is 0 Å². The molecule has 0 bridgehead atoms. The second-order valence-corrected chi connectivity index (χ2v) is 11.1. The van der Waals surface area contributed by atoms with Crippen LogP contribution in [0.1, 0.15) is 0 Å². The van der Waals surface area contributed by atoms with Crippen molar-refractivity contribution in [1.29, 1.82) is 0 Å². The molecule has 9 rings (SSSR count). The Morgan fingerprint density at radius 2 is 1.00 bits per heavy atom. The number of pyridine rings is 1. The standard InChI is InChI=1S/C41H25NO/c1-2-12-30-29(11-1)28(27-24-26-10-9-18-40-41(26)37(25-27)36-15-5-6-17-39(36)43-40)19-20-33(30)34-21-22-35(38-16-7-8-23-42-38)32-14-4-3-13-31(32)34/h1-25H. The second kappa shape index (κ2) is 9.40. The molecule has 1 aliphatic rings. The maximum atomic E-state index is 6.30. The van der Waals surface area contributed by atoms with Gasteiger partial charge in [-0.2, -0.15) is 0 Å². The van der Waals surface area contributed by atoms with Crippen LogP contribution in [0.3, 0.4) is 0 Å². The monoisotopic (exact) mass is 547 g/mol. The summed E-state index contributed by atoms with van der Waals surface area (Å²) >= 11 is 0. The summed E-state index contributed by atoms with van der Waals surface area (Å²) in [6.07, 6.45) is 1.86. The Kier molecular flexibility index (Phi) is 5.23. The van der Waals surface area contributed by atoms with E-state index in [0.29, 0.717) is 0 Å². The Morgan fingerprint density at radius 1 is 0.395 bits per heavy atom. The van der Waals surface area contributed by atoms with Crippen LogP contribution in [0.15, 0.2) is 152 Å². The molecule has 0 aliphatic carbocycles. The van der Waals surface area contributed by atoms with E-state index in [4.69, 9.17) is 4.74 Å². The van der Waals surface area contributed by atoms with E-state index in [1.54, 1.807) is 0 Å². The average Bonchev–Trinajstić information content (AvgIpc) is 3.08. The number of ether oxygens (including phenoxy) is 1. The normalized spacial score (nSPS) is 11.9. The smallest absolute Gasteiger partial charge is 0.135 e. The molecule has 7 aromatic carbocycles. The zero-order valence-electron chi connectivity index (χ0n) is 23.3. The van der Waals surface area contributed by atoms with Crippen LogP contribution in [-0.4, -0.2) is 4.98 Å². The zero-order valence-corrected chi connectivity index (χ0v) is 23.3. The van der Waals surface area contributed by atoms with Gasteiger partial charge in [0.25, 0.3) is 0 Å². The Bertz CT molecular complexity index is 2370. The van der Waals surface area contributed by atoms with Crippen LogP contribution in [0.4, 0.5) is 0 Å². The summed E-state index contributed by atoms with van der Waals surface area (Å²) in [6.45, 7) is 0. The lowest BCUT2D eigenvalue weighted by atomic mass is 9.86. The van der Waals surface area contributed by atoms with Crippen molar-refractivity contribution >= 4 is 32.3 Å². The lowest BCUT2D eigenvalue weighted by Crippen LogP contribution is -1.97. The molecule has 0 saturated heterocycles. The predicted octanol–water partition coefficient (Wildman–Crippen LogP) is 11.3. The molecule has 2 heteroatoms. The topological polar surface area (TPSA) is 22.1 Å². The highest BCUT2D eigenvalue weighted by Crippen LogP contribution is 2.49. The molecule has 200 valence electrons. The van der Waals surface area contributed by atoms with E-state index < -0.39 is 0 Å². The Balaban J connectivity index is 1.27. The third-order valence-corrected chi connectivity index (χ3v) is 8.73. The number of rotatable bonds is 3. The van der Waals surface area contributed by atoms with Crippen molar-refractivity contribution in [3.8, 4) is 56.1 Å². The van der Waals surface area contributed by atoms with Gasteiger partial charge in [0.2, 0.25) is 0 Å². The lowest BCUT2D eigenvalue weighted by Gasteiger charge is -2.22. The van der Waals surface area contributed by atoms with Gasteiger partial charge < -0.3 is 4.74 Å². The summed E-state index contributed by atoms with van der Waals surface area (Å²) in [5.74, 6) is 1.82. The molecular weight excluding hydrogens is 522 g/mol. The van der Waals surface area contributed by atoms with Crippen molar-refractivity contribution in [3.05, 3.63) is 152 Å². The third-order valence-electron chi connectivity index (χ3n) is 8.73. The van der Waals surface area contributed by atoms with Crippen molar-refractivity contribution in [1.82, 2.24) is 4.98 Å². The summed E-state index contributed by atoms with van der Waals surface area (Å²) in [6, 6.07) is 51.9. The number of hydrogen-bond acceptors (Lipinski definition) is 2. The van der Waals surface area contributed by atoms with E-state index in [1.807, 2.05) is 24.4 Å². The molecule has 0 saturated carbocycles. The SMILES string of the molecule is c1ccc(-c2ccc(-c3ccc(-c4cc5c6c(cccc6c4)Oc4ccccc4-5)c4ccccc34)c3ccccc23)nc1. The van der Waals surface area contributed by atoms with Crippen LogP contribution >= 0.6 is 0 Å². The fraction of sp³-hybridized carbons (Fsp3) is 0. The summed E-state index contributed by atoms with van der Waals surface area (Å²) in [5, 5.41) is 7.26. The highest BCUT2D eigenvalue weighted by Gasteiger charge is 2.21. The largest absolute Gasteiger partial charge is 0.456 e. The minimum atomic E-state index is 0.904. The number of nitrogens with zero attached hydrogens (tertiary/aromatic N) is 1. The van der Waals surface area contributed by atoms with Gasteiger partial charge in [0, 0.05) is 22.7 Å². The molecule has 1 aliphatic heterocycles. The quantitative estimate of drug-likeness (QED) is 0.219.